The molecule has 1 aliphatic heterocycles. The number of likely N-dealkylation sites (tertiary alicyclic amines) is 1. The summed E-state index contributed by atoms with van der Waals surface area (Å²) in [6.07, 6.45) is 2.64. The van der Waals surface area contributed by atoms with Crippen LogP contribution in [-0.4, -0.2) is 57.4 Å². The Bertz CT molecular complexity index is 1070. The zero-order chi connectivity index (χ0) is 21.3. The van der Waals surface area contributed by atoms with Gasteiger partial charge >= 0.3 is 0 Å². The Balaban J connectivity index is 0.000000431. The monoisotopic (exact) mass is 401 g/mol. The summed E-state index contributed by atoms with van der Waals surface area (Å²) in [4.78, 5) is 10.5. The summed E-state index contributed by atoms with van der Waals surface area (Å²) in [6.45, 7) is 3.65. The molecule has 1 aliphatic rings. The van der Waals surface area contributed by atoms with E-state index in [0.717, 1.165) is 22.7 Å². The maximum absolute atomic E-state index is 14.6. The van der Waals surface area contributed by atoms with E-state index in [-0.39, 0.29) is 19.6 Å². The molecule has 9 heteroatoms. The van der Waals surface area contributed by atoms with Crippen molar-refractivity contribution in [1.29, 1.82) is 10.8 Å². The molecular weight excluding hydrogens is 376 g/mol. The van der Waals surface area contributed by atoms with Gasteiger partial charge < -0.3 is 21.1 Å². The molecule has 1 atom stereocenters. The van der Waals surface area contributed by atoms with Crippen LogP contribution < -0.4 is 5.73 Å². The van der Waals surface area contributed by atoms with Crippen molar-refractivity contribution >= 4 is 33.9 Å². The topological polar surface area (TPSA) is 108 Å². The van der Waals surface area contributed by atoms with E-state index >= 15 is 0 Å². The smallest absolute Gasteiger partial charge is 0.282 e. The second-order valence-electron chi connectivity index (χ2n) is 7.42. The van der Waals surface area contributed by atoms with Gasteiger partial charge in [-0.2, -0.15) is 0 Å². The van der Waals surface area contributed by atoms with Crippen molar-refractivity contribution < 1.29 is 8.78 Å². The Labute approximate surface area is 167 Å². The van der Waals surface area contributed by atoms with Crippen molar-refractivity contribution in [2.24, 2.45) is 5.73 Å². The van der Waals surface area contributed by atoms with Gasteiger partial charge in [0.15, 0.2) is 0 Å². The van der Waals surface area contributed by atoms with Crippen LogP contribution in [0.4, 0.5) is 8.78 Å². The highest BCUT2D eigenvalue weighted by atomic mass is 19.3. The normalized spacial score (nSPS) is 18.6. The Morgan fingerprint density at radius 2 is 2.07 bits per heavy atom. The number of likely N-dealkylation sites (N-methyl/N-ethyl adjacent to an activating group) is 1. The summed E-state index contributed by atoms with van der Waals surface area (Å²) >= 11 is 0. The minimum absolute atomic E-state index is 0.109. The van der Waals surface area contributed by atoms with Gasteiger partial charge in [0.25, 0.3) is 5.92 Å². The van der Waals surface area contributed by atoms with E-state index in [1.54, 1.807) is 29.6 Å². The first-order chi connectivity index (χ1) is 13.7. The number of aryl methyl sites for hydroxylation is 1. The van der Waals surface area contributed by atoms with E-state index in [0.29, 0.717) is 22.6 Å². The van der Waals surface area contributed by atoms with E-state index < -0.39 is 12.0 Å². The molecule has 29 heavy (non-hydrogen) atoms. The third-order valence-electron chi connectivity index (χ3n) is 4.91. The molecule has 3 heterocycles. The molecule has 7 nitrogen and oxygen atoms in total. The second-order valence-corrected chi connectivity index (χ2v) is 7.42. The standard InChI is InChI=1S/C17H19F2N5.C3H6N2/c1-10-3-4-12-11(5-10)16-13(7-21-12)22-15(6-20)24(16)14-8-23(2)9-17(14,18)19;1-3(5)2-4/h3-5,7,14H,6,8-9,20H2,1-2H3;2,4-5H,1H3. The number of fused-ring (bicyclic) bond motifs is 3. The Morgan fingerprint density at radius 1 is 1.38 bits per heavy atom. The Kier molecular flexibility index (Phi) is 5.72. The molecule has 0 aliphatic carbocycles. The highest BCUT2D eigenvalue weighted by Gasteiger charge is 2.49. The van der Waals surface area contributed by atoms with Crippen LogP contribution in [0.25, 0.3) is 21.9 Å². The molecule has 3 aromatic rings. The summed E-state index contributed by atoms with van der Waals surface area (Å²) in [6, 6.07) is 4.86. The number of hydrogen-bond donors (Lipinski definition) is 3. The number of nitrogens with two attached hydrogens (primary N) is 1. The van der Waals surface area contributed by atoms with Gasteiger partial charge in [0, 0.05) is 23.9 Å². The number of benzene rings is 1. The average Bonchev–Trinajstić information content (AvgIpc) is 3.17. The number of imidazole rings is 1. The maximum Gasteiger partial charge on any atom is 0.282 e. The molecule has 4 rings (SSSR count). The number of pyridine rings is 1. The number of hydrogen-bond acceptors (Lipinski definition) is 6. The summed E-state index contributed by atoms with van der Waals surface area (Å²) in [5, 5.41) is 13.6. The average molecular weight is 401 g/mol. The lowest BCUT2D eigenvalue weighted by molar-refractivity contribution is -0.0201. The quantitative estimate of drug-likeness (QED) is 0.586. The lowest BCUT2D eigenvalue weighted by Crippen LogP contribution is -2.31. The van der Waals surface area contributed by atoms with Crippen LogP contribution in [0, 0.1) is 17.7 Å². The number of alkyl halides is 2. The SMILES string of the molecule is CC(=N)C=N.Cc1ccc2ncc3nc(CN)n(C4CN(C)CC4(F)F)c3c2c1. The fourth-order valence-electron chi connectivity index (χ4n) is 3.65. The molecule has 2 aromatic heterocycles. The predicted octanol–water partition coefficient (Wildman–Crippen LogP) is 3.15. The van der Waals surface area contributed by atoms with E-state index in [9.17, 15) is 8.78 Å². The lowest BCUT2D eigenvalue weighted by atomic mass is 10.1. The maximum atomic E-state index is 14.6. The third-order valence-corrected chi connectivity index (χ3v) is 4.91. The molecular formula is C20H25F2N7. The molecule has 0 bridgehead atoms. The molecule has 154 valence electrons. The van der Waals surface area contributed by atoms with E-state index in [1.807, 2.05) is 25.1 Å². The highest BCUT2D eigenvalue weighted by Crippen LogP contribution is 2.40. The van der Waals surface area contributed by atoms with Gasteiger partial charge in [-0.05, 0) is 33.0 Å². The Hall–Kier alpha value is -2.78. The first kappa shape index (κ1) is 20.9. The second kappa shape index (κ2) is 7.92. The molecule has 1 aromatic carbocycles. The van der Waals surface area contributed by atoms with Crippen molar-refractivity contribution in [2.75, 3.05) is 20.1 Å². The minimum Gasteiger partial charge on any atom is -0.324 e. The molecule has 4 N–H and O–H groups in total. The van der Waals surface area contributed by atoms with Gasteiger partial charge in [0.2, 0.25) is 0 Å². The largest absolute Gasteiger partial charge is 0.324 e. The molecule has 0 spiro atoms. The number of aromatic nitrogens is 3. The van der Waals surface area contributed by atoms with Crippen molar-refractivity contribution in [3.05, 3.63) is 35.8 Å². The highest BCUT2D eigenvalue weighted by molar-refractivity contribution is 6.26. The third kappa shape index (κ3) is 4.01. The summed E-state index contributed by atoms with van der Waals surface area (Å²) in [7, 11) is 1.71. The first-order valence-corrected chi connectivity index (χ1v) is 9.26. The van der Waals surface area contributed by atoms with Crippen molar-refractivity contribution in [1.82, 2.24) is 19.4 Å². The number of nitrogens with one attached hydrogen (secondary N) is 2. The number of nitrogens with zero attached hydrogens (tertiary/aromatic N) is 4. The van der Waals surface area contributed by atoms with Gasteiger partial charge in [-0.25, -0.2) is 13.8 Å². The first-order valence-electron chi connectivity index (χ1n) is 9.26. The van der Waals surface area contributed by atoms with Gasteiger partial charge in [-0.15, -0.1) is 0 Å². The van der Waals surface area contributed by atoms with Crippen molar-refractivity contribution in [3.63, 3.8) is 0 Å². The molecule has 1 saturated heterocycles. The zero-order valence-corrected chi connectivity index (χ0v) is 16.7. The zero-order valence-electron chi connectivity index (χ0n) is 16.7. The molecule has 0 amide bonds. The number of rotatable bonds is 3. The van der Waals surface area contributed by atoms with Gasteiger partial charge in [0.05, 0.1) is 30.3 Å². The molecule has 0 saturated carbocycles. The van der Waals surface area contributed by atoms with Crippen LogP contribution in [0.2, 0.25) is 0 Å². The summed E-state index contributed by atoms with van der Waals surface area (Å²) in [5.74, 6) is -2.35. The van der Waals surface area contributed by atoms with Crippen LogP contribution in [-0.2, 0) is 6.54 Å². The van der Waals surface area contributed by atoms with E-state index in [2.05, 4.69) is 9.97 Å². The van der Waals surface area contributed by atoms with Crippen LogP contribution in [0.3, 0.4) is 0 Å². The predicted molar refractivity (Wildman–Crippen MR) is 111 cm³/mol. The van der Waals surface area contributed by atoms with Gasteiger partial charge in [-0.3, -0.25) is 9.88 Å². The lowest BCUT2D eigenvalue weighted by Gasteiger charge is -2.22. The van der Waals surface area contributed by atoms with E-state index in [1.165, 1.54) is 0 Å². The Morgan fingerprint density at radius 3 is 2.62 bits per heavy atom. The summed E-state index contributed by atoms with van der Waals surface area (Å²) in [5.41, 5.74) is 9.24. The van der Waals surface area contributed by atoms with Gasteiger partial charge in [0.1, 0.15) is 17.4 Å². The van der Waals surface area contributed by atoms with E-state index in [4.69, 9.17) is 16.6 Å². The number of halogens is 2. The van der Waals surface area contributed by atoms with Crippen LogP contribution in [0.15, 0.2) is 24.4 Å². The van der Waals surface area contributed by atoms with Crippen LogP contribution in [0.1, 0.15) is 24.4 Å². The molecule has 1 fully saturated rings. The van der Waals surface area contributed by atoms with Crippen LogP contribution >= 0.6 is 0 Å². The molecule has 1 unspecified atom stereocenters. The van der Waals surface area contributed by atoms with Crippen molar-refractivity contribution in [3.8, 4) is 0 Å². The van der Waals surface area contributed by atoms with Crippen molar-refractivity contribution in [2.45, 2.75) is 32.4 Å². The summed E-state index contributed by atoms with van der Waals surface area (Å²) < 4.78 is 30.8. The fraction of sp³-hybridized carbons (Fsp3) is 0.400. The van der Waals surface area contributed by atoms with Gasteiger partial charge in [-0.1, -0.05) is 11.6 Å². The minimum atomic E-state index is -2.83. The fourth-order valence-corrected chi connectivity index (χ4v) is 3.65. The molecule has 0 radical (unpaired) electrons. The van der Waals surface area contributed by atoms with Crippen LogP contribution in [0.5, 0.6) is 0 Å².